The van der Waals surface area contributed by atoms with Crippen molar-refractivity contribution in [2.24, 2.45) is 4.99 Å². The Hall–Kier alpha value is -1.28. The van der Waals surface area contributed by atoms with Crippen LogP contribution in [0.3, 0.4) is 0 Å². The number of hydrogen-bond acceptors (Lipinski definition) is 3. The van der Waals surface area contributed by atoms with E-state index in [1.807, 2.05) is 37.3 Å². The molecule has 0 bridgehead atoms. The fourth-order valence-electron chi connectivity index (χ4n) is 1.90. The second kappa shape index (κ2) is 9.62. The van der Waals surface area contributed by atoms with Gasteiger partial charge in [-0.05, 0) is 19.1 Å². The van der Waals surface area contributed by atoms with Crippen LogP contribution in [0, 0.1) is 0 Å². The lowest BCUT2D eigenvalue weighted by Crippen LogP contribution is -2.38. The summed E-state index contributed by atoms with van der Waals surface area (Å²) in [7, 11) is 1.74. The molecule has 1 aromatic heterocycles. The van der Waals surface area contributed by atoms with Gasteiger partial charge in [0.05, 0.1) is 13.2 Å². The summed E-state index contributed by atoms with van der Waals surface area (Å²) < 4.78 is 11.0. The van der Waals surface area contributed by atoms with E-state index in [1.165, 1.54) is 0 Å². The van der Waals surface area contributed by atoms with Gasteiger partial charge in [0, 0.05) is 25.6 Å². The van der Waals surface area contributed by atoms with Gasteiger partial charge in [0.15, 0.2) is 5.96 Å². The maximum Gasteiger partial charge on any atom is 0.191 e. The fraction of sp³-hybridized carbons (Fsp3) is 0.400. The summed E-state index contributed by atoms with van der Waals surface area (Å²) in [4.78, 5) is 4.15. The Balaban J connectivity index is 0.00000220. The number of rotatable bonds is 6. The summed E-state index contributed by atoms with van der Waals surface area (Å²) >= 11 is 0. The minimum Gasteiger partial charge on any atom is -0.459 e. The summed E-state index contributed by atoms with van der Waals surface area (Å²) in [5.74, 6) is 1.63. The highest BCUT2D eigenvalue weighted by Crippen LogP contribution is 2.18. The molecule has 0 unspecified atom stereocenters. The van der Waals surface area contributed by atoms with Crippen LogP contribution in [0.1, 0.15) is 12.7 Å². The molecule has 2 N–H and O–H groups in total. The average molecular weight is 403 g/mol. The van der Waals surface area contributed by atoms with Crippen molar-refractivity contribution in [2.75, 3.05) is 26.8 Å². The molecule has 1 heterocycles. The van der Waals surface area contributed by atoms with E-state index in [4.69, 9.17) is 9.15 Å². The zero-order chi connectivity index (χ0) is 14.2. The summed E-state index contributed by atoms with van der Waals surface area (Å²) in [6.45, 7) is 4.71. The molecule has 0 aliphatic carbocycles. The Morgan fingerprint density at radius 3 is 2.81 bits per heavy atom. The number of furan rings is 1. The van der Waals surface area contributed by atoms with E-state index < -0.39 is 0 Å². The molecule has 116 valence electrons. The second-order valence-corrected chi connectivity index (χ2v) is 4.30. The predicted octanol–water partition coefficient (Wildman–Crippen LogP) is 2.75. The number of nitrogens with zero attached hydrogens (tertiary/aromatic N) is 1. The van der Waals surface area contributed by atoms with Crippen LogP contribution in [0.25, 0.3) is 11.0 Å². The summed E-state index contributed by atoms with van der Waals surface area (Å²) in [6.07, 6.45) is 0. The molecule has 6 heteroatoms. The van der Waals surface area contributed by atoms with Crippen LogP contribution >= 0.6 is 24.0 Å². The van der Waals surface area contributed by atoms with Crippen LogP contribution < -0.4 is 10.6 Å². The molecule has 0 saturated carbocycles. The largest absolute Gasteiger partial charge is 0.459 e. The van der Waals surface area contributed by atoms with Crippen LogP contribution in [0.4, 0.5) is 0 Å². The topological polar surface area (TPSA) is 58.8 Å². The van der Waals surface area contributed by atoms with Crippen molar-refractivity contribution in [3.8, 4) is 0 Å². The smallest absolute Gasteiger partial charge is 0.191 e. The van der Waals surface area contributed by atoms with Gasteiger partial charge in [-0.15, -0.1) is 24.0 Å². The normalized spacial score (nSPS) is 11.2. The molecule has 0 saturated heterocycles. The number of ether oxygens (including phenoxy) is 1. The van der Waals surface area contributed by atoms with E-state index in [1.54, 1.807) is 7.05 Å². The first-order valence-corrected chi connectivity index (χ1v) is 6.83. The molecule has 0 radical (unpaired) electrons. The maximum absolute atomic E-state index is 5.74. The van der Waals surface area contributed by atoms with Gasteiger partial charge in [0.25, 0.3) is 0 Å². The van der Waals surface area contributed by atoms with Gasteiger partial charge in [-0.25, -0.2) is 0 Å². The van der Waals surface area contributed by atoms with Crippen LogP contribution in [0.5, 0.6) is 0 Å². The summed E-state index contributed by atoms with van der Waals surface area (Å²) in [6, 6.07) is 10.0. The fourth-order valence-corrected chi connectivity index (χ4v) is 1.90. The molecule has 0 fully saturated rings. The lowest BCUT2D eigenvalue weighted by Gasteiger charge is -2.10. The molecule has 0 amide bonds. The quantitative estimate of drug-likeness (QED) is 0.337. The molecule has 0 aliphatic rings. The van der Waals surface area contributed by atoms with E-state index in [-0.39, 0.29) is 24.0 Å². The van der Waals surface area contributed by atoms with Gasteiger partial charge >= 0.3 is 0 Å². The number of hydrogen-bond donors (Lipinski definition) is 2. The first-order chi connectivity index (χ1) is 9.83. The predicted molar refractivity (Wildman–Crippen MR) is 96.3 cm³/mol. The van der Waals surface area contributed by atoms with E-state index in [2.05, 4.69) is 15.6 Å². The maximum atomic E-state index is 5.74. The highest BCUT2D eigenvalue weighted by Gasteiger charge is 2.04. The van der Waals surface area contributed by atoms with Gasteiger partial charge < -0.3 is 19.8 Å². The molecule has 0 spiro atoms. The molecule has 5 nitrogen and oxygen atoms in total. The highest BCUT2D eigenvalue weighted by molar-refractivity contribution is 14.0. The van der Waals surface area contributed by atoms with Crippen molar-refractivity contribution < 1.29 is 9.15 Å². The highest BCUT2D eigenvalue weighted by atomic mass is 127. The summed E-state index contributed by atoms with van der Waals surface area (Å²) in [5.41, 5.74) is 0.906. The van der Waals surface area contributed by atoms with Gasteiger partial charge in [-0.2, -0.15) is 0 Å². The molecule has 1 aromatic carbocycles. The van der Waals surface area contributed by atoms with Crippen molar-refractivity contribution in [3.63, 3.8) is 0 Å². The molecule has 2 aromatic rings. The Morgan fingerprint density at radius 2 is 2.10 bits per heavy atom. The number of benzene rings is 1. The zero-order valence-corrected chi connectivity index (χ0v) is 14.7. The van der Waals surface area contributed by atoms with Crippen LogP contribution in [0.15, 0.2) is 39.7 Å². The molecule has 0 atom stereocenters. The first kappa shape index (κ1) is 17.8. The number of halogens is 1. The monoisotopic (exact) mass is 403 g/mol. The Bertz CT molecular complexity index is 536. The van der Waals surface area contributed by atoms with E-state index >= 15 is 0 Å². The Morgan fingerprint density at radius 1 is 1.29 bits per heavy atom. The molecular weight excluding hydrogens is 381 g/mol. The van der Waals surface area contributed by atoms with E-state index in [0.29, 0.717) is 13.2 Å². The van der Waals surface area contributed by atoms with Crippen molar-refractivity contribution in [1.29, 1.82) is 0 Å². The minimum atomic E-state index is 0. The number of para-hydroxylation sites is 1. The van der Waals surface area contributed by atoms with Crippen molar-refractivity contribution in [3.05, 3.63) is 36.1 Å². The molecule has 0 aliphatic heterocycles. The number of nitrogens with one attached hydrogen (secondary N) is 2. The van der Waals surface area contributed by atoms with Gasteiger partial charge in [0.2, 0.25) is 0 Å². The van der Waals surface area contributed by atoms with Crippen LogP contribution in [-0.4, -0.2) is 32.8 Å². The second-order valence-electron chi connectivity index (χ2n) is 4.30. The first-order valence-electron chi connectivity index (χ1n) is 6.83. The average Bonchev–Trinajstić information content (AvgIpc) is 2.89. The Labute approximate surface area is 142 Å². The van der Waals surface area contributed by atoms with Gasteiger partial charge in [-0.3, -0.25) is 4.99 Å². The van der Waals surface area contributed by atoms with Crippen molar-refractivity contribution in [1.82, 2.24) is 10.6 Å². The molecule has 21 heavy (non-hydrogen) atoms. The Kier molecular flexibility index (Phi) is 8.14. The van der Waals surface area contributed by atoms with E-state index in [9.17, 15) is 0 Å². The van der Waals surface area contributed by atoms with Gasteiger partial charge in [-0.1, -0.05) is 18.2 Å². The van der Waals surface area contributed by atoms with Crippen molar-refractivity contribution >= 4 is 40.9 Å². The van der Waals surface area contributed by atoms with Crippen molar-refractivity contribution in [2.45, 2.75) is 13.5 Å². The van der Waals surface area contributed by atoms with Gasteiger partial charge in [0.1, 0.15) is 11.3 Å². The summed E-state index contributed by atoms with van der Waals surface area (Å²) in [5, 5.41) is 7.51. The van der Waals surface area contributed by atoms with E-state index in [0.717, 1.165) is 35.8 Å². The third-order valence-corrected chi connectivity index (χ3v) is 2.87. The standard InChI is InChI=1S/C15H21N3O2.HI/c1-3-19-9-8-17-15(16-2)18-11-13-10-12-6-4-5-7-14(12)20-13;/h4-7,10H,3,8-9,11H2,1-2H3,(H2,16,17,18);1H. The van der Waals surface area contributed by atoms with Crippen LogP contribution in [-0.2, 0) is 11.3 Å². The number of guanidine groups is 1. The third-order valence-electron chi connectivity index (χ3n) is 2.87. The molecule has 2 rings (SSSR count). The number of aliphatic imine (C=N–C) groups is 1. The minimum absolute atomic E-state index is 0. The third kappa shape index (κ3) is 5.55. The zero-order valence-electron chi connectivity index (χ0n) is 12.4. The lowest BCUT2D eigenvalue weighted by molar-refractivity contribution is 0.152. The molecular formula is C15H22IN3O2. The van der Waals surface area contributed by atoms with Crippen LogP contribution in [0.2, 0.25) is 0 Å². The lowest BCUT2D eigenvalue weighted by atomic mass is 10.2. The number of fused-ring (bicyclic) bond motifs is 1. The SMILES string of the molecule is CCOCCNC(=NC)NCc1cc2ccccc2o1.I.